The van der Waals surface area contributed by atoms with Gasteiger partial charge in [-0.25, -0.2) is 4.98 Å². The van der Waals surface area contributed by atoms with Gasteiger partial charge in [0.05, 0.1) is 5.69 Å². The van der Waals surface area contributed by atoms with Crippen LogP contribution in [0.1, 0.15) is 30.2 Å². The molecule has 0 amide bonds. The molecule has 2 rings (SSSR count). The highest BCUT2D eigenvalue weighted by Gasteiger charge is 2.27. The fraction of sp³-hybridized carbons (Fsp3) is 0.571. The van der Waals surface area contributed by atoms with Crippen molar-refractivity contribution < 1.29 is 4.42 Å². The van der Waals surface area contributed by atoms with E-state index in [0.717, 1.165) is 11.7 Å². The molecule has 0 bridgehead atoms. The third kappa shape index (κ3) is 0.745. The summed E-state index contributed by atoms with van der Waals surface area (Å²) in [6.07, 6.45) is 4.13. The second-order valence-corrected chi connectivity index (χ2v) is 2.57. The van der Waals surface area contributed by atoms with Gasteiger partial charge < -0.3 is 4.42 Å². The number of hydrogen-bond donors (Lipinski definition) is 0. The minimum Gasteiger partial charge on any atom is -0.449 e. The van der Waals surface area contributed by atoms with Crippen LogP contribution in [0.5, 0.6) is 0 Å². The van der Waals surface area contributed by atoms with Crippen LogP contribution in [0.2, 0.25) is 0 Å². The highest BCUT2D eigenvalue weighted by Crippen LogP contribution is 2.40. The summed E-state index contributed by atoms with van der Waals surface area (Å²) in [5.74, 6) is 1.72. The predicted octanol–water partition coefficient (Wildman–Crippen LogP) is 1.86. The lowest BCUT2D eigenvalue weighted by molar-refractivity contribution is 0.524. The standard InChI is InChI=1S/C7H9NO/c1-5-7(6-2-3-6)8-4-9-5/h4,6H,2-3H2,1H3. The molecule has 2 nitrogen and oxygen atoms in total. The van der Waals surface area contributed by atoms with Gasteiger partial charge in [-0.15, -0.1) is 0 Å². The molecule has 0 unspecified atom stereocenters. The molecular formula is C7H9NO. The Kier molecular flexibility index (Phi) is 0.891. The summed E-state index contributed by atoms with van der Waals surface area (Å²) < 4.78 is 5.05. The Hall–Kier alpha value is -0.790. The Morgan fingerprint density at radius 3 is 2.89 bits per heavy atom. The summed E-state index contributed by atoms with van der Waals surface area (Å²) >= 11 is 0. The second kappa shape index (κ2) is 1.59. The average molecular weight is 123 g/mol. The van der Waals surface area contributed by atoms with Gasteiger partial charge in [-0.1, -0.05) is 0 Å². The molecular weight excluding hydrogens is 114 g/mol. The first-order valence-corrected chi connectivity index (χ1v) is 3.28. The zero-order valence-electron chi connectivity index (χ0n) is 5.42. The smallest absolute Gasteiger partial charge is 0.181 e. The van der Waals surface area contributed by atoms with Crippen LogP contribution in [-0.2, 0) is 0 Å². The monoisotopic (exact) mass is 123 g/mol. The van der Waals surface area contributed by atoms with Crippen molar-refractivity contribution in [2.75, 3.05) is 0 Å². The van der Waals surface area contributed by atoms with Crippen molar-refractivity contribution in [3.63, 3.8) is 0 Å². The summed E-state index contributed by atoms with van der Waals surface area (Å²) in [4.78, 5) is 4.11. The lowest BCUT2D eigenvalue weighted by Crippen LogP contribution is -1.79. The van der Waals surface area contributed by atoms with Gasteiger partial charge in [0.1, 0.15) is 5.76 Å². The van der Waals surface area contributed by atoms with Gasteiger partial charge in [-0.2, -0.15) is 0 Å². The van der Waals surface area contributed by atoms with Crippen LogP contribution in [0.15, 0.2) is 10.8 Å². The molecule has 1 heterocycles. The molecule has 0 radical (unpaired) electrons. The van der Waals surface area contributed by atoms with Crippen molar-refractivity contribution in [3.8, 4) is 0 Å². The Morgan fingerprint density at radius 1 is 1.67 bits per heavy atom. The van der Waals surface area contributed by atoms with E-state index < -0.39 is 0 Å². The molecule has 0 spiro atoms. The normalized spacial score (nSPS) is 18.3. The highest BCUT2D eigenvalue weighted by molar-refractivity contribution is 5.16. The van der Waals surface area contributed by atoms with Crippen molar-refractivity contribution in [1.82, 2.24) is 4.98 Å². The van der Waals surface area contributed by atoms with Crippen LogP contribution >= 0.6 is 0 Å². The maximum Gasteiger partial charge on any atom is 0.181 e. The number of rotatable bonds is 1. The maximum atomic E-state index is 5.05. The number of hydrogen-bond acceptors (Lipinski definition) is 2. The van der Waals surface area contributed by atoms with E-state index in [1.807, 2.05) is 6.92 Å². The quantitative estimate of drug-likeness (QED) is 0.569. The number of oxazole rings is 1. The van der Waals surface area contributed by atoms with E-state index in [2.05, 4.69) is 4.98 Å². The van der Waals surface area contributed by atoms with Gasteiger partial charge in [-0.05, 0) is 19.8 Å². The SMILES string of the molecule is Cc1ocnc1C1CC1. The zero-order chi connectivity index (χ0) is 6.27. The molecule has 0 N–H and O–H groups in total. The van der Waals surface area contributed by atoms with Crippen LogP contribution in [0.4, 0.5) is 0 Å². The van der Waals surface area contributed by atoms with Crippen molar-refractivity contribution in [2.24, 2.45) is 0 Å². The lowest BCUT2D eigenvalue weighted by Gasteiger charge is -1.86. The van der Waals surface area contributed by atoms with Crippen LogP contribution < -0.4 is 0 Å². The summed E-state index contributed by atoms with van der Waals surface area (Å²) in [6, 6.07) is 0. The van der Waals surface area contributed by atoms with Gasteiger partial charge in [0.2, 0.25) is 0 Å². The molecule has 0 atom stereocenters. The number of nitrogens with zero attached hydrogens (tertiary/aromatic N) is 1. The van der Waals surface area contributed by atoms with Gasteiger partial charge in [0.15, 0.2) is 6.39 Å². The Balaban J connectivity index is 2.35. The van der Waals surface area contributed by atoms with Crippen LogP contribution in [-0.4, -0.2) is 4.98 Å². The van der Waals surface area contributed by atoms with E-state index >= 15 is 0 Å². The molecule has 0 aromatic carbocycles. The maximum absolute atomic E-state index is 5.05. The van der Waals surface area contributed by atoms with Gasteiger partial charge in [-0.3, -0.25) is 0 Å². The molecule has 2 heteroatoms. The van der Waals surface area contributed by atoms with Crippen molar-refractivity contribution in [3.05, 3.63) is 17.8 Å². The fourth-order valence-corrected chi connectivity index (χ4v) is 1.06. The van der Waals surface area contributed by atoms with E-state index in [1.165, 1.54) is 24.9 Å². The topological polar surface area (TPSA) is 26.0 Å². The fourth-order valence-electron chi connectivity index (χ4n) is 1.06. The average Bonchev–Trinajstić information content (AvgIpc) is 2.58. The molecule has 1 aromatic heterocycles. The van der Waals surface area contributed by atoms with Gasteiger partial charge in [0, 0.05) is 5.92 Å². The van der Waals surface area contributed by atoms with E-state index in [-0.39, 0.29) is 0 Å². The molecule has 1 saturated carbocycles. The lowest BCUT2D eigenvalue weighted by atomic mass is 10.2. The molecule has 1 fully saturated rings. The molecule has 0 saturated heterocycles. The summed E-state index contributed by atoms with van der Waals surface area (Å²) in [5, 5.41) is 0. The van der Waals surface area contributed by atoms with Gasteiger partial charge in [0.25, 0.3) is 0 Å². The summed E-state index contributed by atoms with van der Waals surface area (Å²) in [6.45, 7) is 1.97. The first-order chi connectivity index (χ1) is 4.38. The Labute approximate surface area is 53.9 Å². The third-order valence-electron chi connectivity index (χ3n) is 1.75. The van der Waals surface area contributed by atoms with E-state index in [1.54, 1.807) is 0 Å². The predicted molar refractivity (Wildman–Crippen MR) is 33.2 cm³/mol. The molecule has 1 aliphatic rings. The molecule has 1 aromatic rings. The summed E-state index contributed by atoms with van der Waals surface area (Å²) in [5.41, 5.74) is 1.18. The number of aromatic nitrogens is 1. The minimum atomic E-state index is 0.726. The van der Waals surface area contributed by atoms with Crippen LogP contribution in [0, 0.1) is 6.92 Å². The van der Waals surface area contributed by atoms with E-state index in [9.17, 15) is 0 Å². The van der Waals surface area contributed by atoms with Gasteiger partial charge >= 0.3 is 0 Å². The first-order valence-electron chi connectivity index (χ1n) is 3.28. The van der Waals surface area contributed by atoms with Crippen LogP contribution in [0.25, 0.3) is 0 Å². The molecule has 1 aliphatic carbocycles. The summed E-state index contributed by atoms with van der Waals surface area (Å²) in [7, 11) is 0. The van der Waals surface area contributed by atoms with Crippen molar-refractivity contribution in [1.29, 1.82) is 0 Å². The Bertz CT molecular complexity index is 212. The van der Waals surface area contributed by atoms with E-state index in [4.69, 9.17) is 4.42 Å². The van der Waals surface area contributed by atoms with Crippen LogP contribution in [0.3, 0.4) is 0 Å². The molecule has 0 aliphatic heterocycles. The third-order valence-corrected chi connectivity index (χ3v) is 1.75. The van der Waals surface area contributed by atoms with Crippen molar-refractivity contribution >= 4 is 0 Å². The molecule has 48 valence electrons. The van der Waals surface area contributed by atoms with E-state index in [0.29, 0.717) is 0 Å². The first kappa shape index (κ1) is 5.03. The second-order valence-electron chi connectivity index (χ2n) is 2.57. The highest BCUT2D eigenvalue weighted by atomic mass is 16.3. The largest absolute Gasteiger partial charge is 0.449 e. The van der Waals surface area contributed by atoms with Crippen molar-refractivity contribution in [2.45, 2.75) is 25.7 Å². The Morgan fingerprint density at radius 2 is 2.44 bits per heavy atom. The zero-order valence-corrected chi connectivity index (χ0v) is 5.42. The molecule has 9 heavy (non-hydrogen) atoms. The number of aryl methyl sites for hydroxylation is 1. The minimum absolute atomic E-state index is 0.726.